The Morgan fingerprint density at radius 3 is 2.78 bits per heavy atom. The number of hydrogen-bond acceptors (Lipinski definition) is 2. The summed E-state index contributed by atoms with van der Waals surface area (Å²) in [6, 6.07) is 5.50. The maximum absolute atomic E-state index is 11.5. The van der Waals surface area contributed by atoms with Gasteiger partial charge in [-0.1, -0.05) is 22.9 Å². The van der Waals surface area contributed by atoms with Crippen LogP contribution in [0, 0.1) is 5.92 Å². The molecule has 1 aromatic rings. The lowest BCUT2D eigenvalue weighted by Crippen LogP contribution is -2.07. The molecule has 2 nitrogen and oxygen atoms in total. The molecule has 0 saturated carbocycles. The molecule has 1 atom stereocenters. The Morgan fingerprint density at radius 2 is 2.17 bits per heavy atom. The second-order valence-electron chi connectivity index (χ2n) is 4.42. The van der Waals surface area contributed by atoms with Crippen molar-refractivity contribution in [2.45, 2.75) is 26.7 Å². The summed E-state index contributed by atoms with van der Waals surface area (Å²) in [5.74, 6) is 1.89. The highest BCUT2D eigenvalue weighted by Gasteiger charge is 2.09. The van der Waals surface area contributed by atoms with E-state index in [1.165, 1.54) is 0 Å². The molecule has 0 aromatic heterocycles. The van der Waals surface area contributed by atoms with Crippen LogP contribution in [0.2, 0.25) is 0 Å². The van der Waals surface area contributed by atoms with Gasteiger partial charge in [0.15, 0.2) is 5.78 Å². The minimum absolute atomic E-state index is 0.0140. The van der Waals surface area contributed by atoms with Gasteiger partial charge >= 0.3 is 0 Å². The van der Waals surface area contributed by atoms with Gasteiger partial charge in [-0.3, -0.25) is 4.79 Å². The van der Waals surface area contributed by atoms with E-state index in [4.69, 9.17) is 16.3 Å². The largest absolute Gasteiger partial charge is 0.493 e. The van der Waals surface area contributed by atoms with Gasteiger partial charge in [-0.15, -0.1) is 11.6 Å². The topological polar surface area (TPSA) is 26.3 Å². The van der Waals surface area contributed by atoms with Crippen LogP contribution in [-0.2, 0) is 0 Å². The van der Waals surface area contributed by atoms with Crippen LogP contribution >= 0.6 is 27.5 Å². The molecule has 0 spiro atoms. The summed E-state index contributed by atoms with van der Waals surface area (Å²) in [5, 5.41) is 0. The molecule has 100 valence electrons. The van der Waals surface area contributed by atoms with Crippen molar-refractivity contribution in [1.29, 1.82) is 0 Å². The predicted octanol–water partition coefficient (Wildman–Crippen LogP) is 4.69. The molecular weight excluding hydrogens is 316 g/mol. The maximum Gasteiger partial charge on any atom is 0.163 e. The van der Waals surface area contributed by atoms with Crippen molar-refractivity contribution in [3.8, 4) is 5.75 Å². The maximum atomic E-state index is 11.5. The Labute approximate surface area is 122 Å². The summed E-state index contributed by atoms with van der Waals surface area (Å²) >= 11 is 9.04. The number of halogens is 2. The Hall–Kier alpha value is -0.540. The molecule has 0 radical (unpaired) electrons. The molecule has 1 aromatic carbocycles. The van der Waals surface area contributed by atoms with Crippen molar-refractivity contribution >= 4 is 33.3 Å². The van der Waals surface area contributed by atoms with Crippen molar-refractivity contribution in [3.63, 3.8) is 0 Å². The third-order valence-electron chi connectivity index (χ3n) is 2.79. The number of Topliss-reactive ketones (excluding diaryl/α,β-unsaturated/α-hetero) is 1. The Kier molecular flexibility index (Phi) is 6.72. The number of alkyl halides is 1. The summed E-state index contributed by atoms with van der Waals surface area (Å²) in [7, 11) is 0. The fourth-order valence-electron chi connectivity index (χ4n) is 1.60. The van der Waals surface area contributed by atoms with Crippen molar-refractivity contribution in [1.82, 2.24) is 0 Å². The summed E-state index contributed by atoms with van der Waals surface area (Å²) in [6.07, 6.45) is 1.94. The van der Waals surface area contributed by atoms with Crippen LogP contribution in [0.4, 0.5) is 0 Å². The Bertz CT molecular complexity index is 407. The first-order chi connectivity index (χ1) is 8.54. The van der Waals surface area contributed by atoms with Crippen LogP contribution < -0.4 is 4.74 Å². The molecule has 0 aliphatic rings. The summed E-state index contributed by atoms with van der Waals surface area (Å²) in [6.45, 7) is 4.31. The summed E-state index contributed by atoms with van der Waals surface area (Å²) < 4.78 is 6.57. The van der Waals surface area contributed by atoms with Gasteiger partial charge in [-0.05, 0) is 43.9 Å². The number of hydrogen-bond donors (Lipinski definition) is 0. The fourth-order valence-corrected chi connectivity index (χ4v) is 2.34. The van der Waals surface area contributed by atoms with E-state index in [-0.39, 0.29) is 5.78 Å². The molecule has 1 unspecified atom stereocenters. The van der Waals surface area contributed by atoms with Crippen LogP contribution in [0.15, 0.2) is 22.7 Å². The fraction of sp³-hybridized carbons (Fsp3) is 0.500. The molecule has 0 heterocycles. The highest BCUT2D eigenvalue weighted by Crippen LogP contribution is 2.24. The number of carbonyl (C=O) groups is 1. The lowest BCUT2D eigenvalue weighted by atomic mass is 10.1. The number of rotatable bonds is 7. The predicted molar refractivity (Wildman–Crippen MR) is 78.8 cm³/mol. The first kappa shape index (κ1) is 15.5. The van der Waals surface area contributed by atoms with E-state index >= 15 is 0 Å². The first-order valence-electron chi connectivity index (χ1n) is 6.04. The van der Waals surface area contributed by atoms with Gasteiger partial charge in [-0.2, -0.15) is 0 Å². The quantitative estimate of drug-likeness (QED) is 0.534. The average molecular weight is 334 g/mol. The highest BCUT2D eigenvalue weighted by atomic mass is 79.9. The normalized spacial score (nSPS) is 12.2. The second kappa shape index (κ2) is 7.80. The van der Waals surface area contributed by atoms with Crippen LogP contribution in [0.3, 0.4) is 0 Å². The van der Waals surface area contributed by atoms with E-state index < -0.39 is 0 Å². The zero-order valence-electron chi connectivity index (χ0n) is 10.7. The smallest absolute Gasteiger partial charge is 0.163 e. The molecule has 1 rings (SSSR count). The van der Waals surface area contributed by atoms with E-state index in [0.29, 0.717) is 29.7 Å². The SMILES string of the molecule is CC(=O)c1cc(Br)ccc1OCCC(C)CCCl. The van der Waals surface area contributed by atoms with Crippen LogP contribution in [-0.4, -0.2) is 18.3 Å². The van der Waals surface area contributed by atoms with Crippen molar-refractivity contribution in [3.05, 3.63) is 28.2 Å². The molecule has 0 saturated heterocycles. The minimum Gasteiger partial charge on any atom is -0.493 e. The van der Waals surface area contributed by atoms with E-state index in [0.717, 1.165) is 17.3 Å². The first-order valence-corrected chi connectivity index (χ1v) is 7.36. The van der Waals surface area contributed by atoms with Crippen LogP contribution in [0.5, 0.6) is 5.75 Å². The molecule has 0 fully saturated rings. The molecule has 4 heteroatoms. The van der Waals surface area contributed by atoms with Gasteiger partial charge in [0.1, 0.15) is 5.75 Å². The van der Waals surface area contributed by atoms with Gasteiger partial charge in [-0.25, -0.2) is 0 Å². The third-order valence-corrected chi connectivity index (χ3v) is 3.50. The molecule has 0 amide bonds. The lowest BCUT2D eigenvalue weighted by Gasteiger charge is -2.13. The van der Waals surface area contributed by atoms with Gasteiger partial charge < -0.3 is 4.74 Å². The second-order valence-corrected chi connectivity index (χ2v) is 5.71. The molecule has 0 aliphatic heterocycles. The van der Waals surface area contributed by atoms with Crippen molar-refractivity contribution < 1.29 is 9.53 Å². The zero-order chi connectivity index (χ0) is 13.5. The number of carbonyl (C=O) groups excluding carboxylic acids is 1. The Morgan fingerprint density at radius 1 is 1.44 bits per heavy atom. The van der Waals surface area contributed by atoms with Gasteiger partial charge in [0.05, 0.1) is 12.2 Å². The molecule has 18 heavy (non-hydrogen) atoms. The Balaban J connectivity index is 2.59. The zero-order valence-corrected chi connectivity index (χ0v) is 13.1. The molecule has 0 bridgehead atoms. The number of benzene rings is 1. The molecular formula is C14H18BrClO2. The van der Waals surface area contributed by atoms with E-state index in [1.54, 1.807) is 13.0 Å². The standard InChI is InChI=1S/C14H18BrClO2/c1-10(5-7-16)6-8-18-14-4-3-12(15)9-13(14)11(2)17/h3-4,9-10H,5-8H2,1-2H3. The van der Waals surface area contributed by atoms with Crippen LogP contribution in [0.25, 0.3) is 0 Å². The minimum atomic E-state index is 0.0140. The van der Waals surface area contributed by atoms with Gasteiger partial charge in [0.2, 0.25) is 0 Å². The van der Waals surface area contributed by atoms with Gasteiger partial charge in [0, 0.05) is 10.4 Å². The van der Waals surface area contributed by atoms with E-state index in [2.05, 4.69) is 22.9 Å². The van der Waals surface area contributed by atoms with Gasteiger partial charge in [0.25, 0.3) is 0 Å². The van der Waals surface area contributed by atoms with Crippen LogP contribution in [0.1, 0.15) is 37.0 Å². The summed E-state index contributed by atoms with van der Waals surface area (Å²) in [5.41, 5.74) is 0.620. The summed E-state index contributed by atoms with van der Waals surface area (Å²) in [4.78, 5) is 11.5. The third kappa shape index (κ3) is 4.99. The highest BCUT2D eigenvalue weighted by molar-refractivity contribution is 9.10. The van der Waals surface area contributed by atoms with E-state index in [9.17, 15) is 4.79 Å². The monoisotopic (exact) mass is 332 g/mol. The van der Waals surface area contributed by atoms with E-state index in [1.807, 2.05) is 12.1 Å². The molecule has 0 N–H and O–H groups in total. The lowest BCUT2D eigenvalue weighted by molar-refractivity contribution is 0.101. The number of ketones is 1. The molecule has 0 aliphatic carbocycles. The number of ether oxygens (including phenoxy) is 1. The van der Waals surface area contributed by atoms with Crippen molar-refractivity contribution in [2.75, 3.05) is 12.5 Å². The van der Waals surface area contributed by atoms with Crippen molar-refractivity contribution in [2.24, 2.45) is 5.92 Å². The average Bonchev–Trinajstić information content (AvgIpc) is 2.31.